The third-order valence-corrected chi connectivity index (χ3v) is 2.34. The lowest BCUT2D eigenvalue weighted by atomic mass is 10.0. The lowest BCUT2D eigenvalue weighted by Crippen LogP contribution is -2.14. The lowest BCUT2D eigenvalue weighted by molar-refractivity contribution is -0.137. The molecule has 4 N–H and O–H groups in total. The van der Waals surface area contributed by atoms with E-state index in [0.29, 0.717) is 0 Å². The molecule has 1 aromatic rings. The van der Waals surface area contributed by atoms with E-state index in [1.807, 2.05) is 0 Å². The summed E-state index contributed by atoms with van der Waals surface area (Å²) in [5.41, 5.74) is 5.96. The van der Waals surface area contributed by atoms with E-state index in [9.17, 15) is 14.3 Å². The van der Waals surface area contributed by atoms with Crippen LogP contribution in [0.15, 0.2) is 12.1 Å². The van der Waals surface area contributed by atoms with Crippen molar-refractivity contribution in [2.45, 2.75) is 18.9 Å². The van der Waals surface area contributed by atoms with Gasteiger partial charge >= 0.3 is 5.97 Å². The molecule has 1 aromatic carbocycles. The minimum atomic E-state index is -0.985. The molecular formula is C11H14FNO4. The van der Waals surface area contributed by atoms with E-state index in [1.165, 1.54) is 7.11 Å². The molecule has 0 heterocycles. The number of carboxylic acids is 1. The van der Waals surface area contributed by atoms with Gasteiger partial charge in [0.1, 0.15) is 17.3 Å². The van der Waals surface area contributed by atoms with Crippen LogP contribution in [0.4, 0.5) is 4.39 Å². The van der Waals surface area contributed by atoms with E-state index in [0.717, 1.165) is 12.1 Å². The van der Waals surface area contributed by atoms with Crippen molar-refractivity contribution >= 4 is 5.97 Å². The number of carbonyl (C=O) groups is 1. The highest BCUT2D eigenvalue weighted by Gasteiger charge is 2.19. The Morgan fingerprint density at radius 3 is 2.76 bits per heavy atom. The molecule has 1 unspecified atom stereocenters. The summed E-state index contributed by atoms with van der Waals surface area (Å²) < 4.78 is 17.9. The average Bonchev–Trinajstić information content (AvgIpc) is 2.24. The first kappa shape index (κ1) is 13.2. The van der Waals surface area contributed by atoms with Gasteiger partial charge in [0.15, 0.2) is 0 Å². The number of nitrogens with two attached hydrogens (primary N) is 1. The van der Waals surface area contributed by atoms with Crippen LogP contribution in [0.25, 0.3) is 0 Å². The Bertz CT molecular complexity index is 422. The highest BCUT2D eigenvalue weighted by atomic mass is 19.1. The molecule has 0 aromatic heterocycles. The lowest BCUT2D eigenvalue weighted by Gasteiger charge is -2.16. The van der Waals surface area contributed by atoms with Crippen LogP contribution in [0.1, 0.15) is 24.4 Å². The molecule has 0 aliphatic heterocycles. The molecule has 17 heavy (non-hydrogen) atoms. The topological polar surface area (TPSA) is 92.8 Å². The van der Waals surface area contributed by atoms with Crippen LogP contribution in [0, 0.1) is 5.82 Å². The monoisotopic (exact) mass is 243 g/mol. The highest BCUT2D eigenvalue weighted by molar-refractivity contribution is 5.66. The SMILES string of the molecule is COc1cc(F)cc(O)c1C(N)CCC(=O)O. The first-order valence-corrected chi connectivity index (χ1v) is 4.99. The molecule has 5 nitrogen and oxygen atoms in total. The number of methoxy groups -OCH3 is 1. The van der Waals surface area contributed by atoms with E-state index in [2.05, 4.69) is 0 Å². The van der Waals surface area contributed by atoms with Gasteiger partial charge in [-0.2, -0.15) is 0 Å². The van der Waals surface area contributed by atoms with Crippen LogP contribution in [0.5, 0.6) is 11.5 Å². The molecule has 0 saturated carbocycles. The molecule has 0 aliphatic carbocycles. The van der Waals surface area contributed by atoms with Crippen LogP contribution in [0.3, 0.4) is 0 Å². The van der Waals surface area contributed by atoms with Gasteiger partial charge in [-0.1, -0.05) is 0 Å². The van der Waals surface area contributed by atoms with E-state index >= 15 is 0 Å². The summed E-state index contributed by atoms with van der Waals surface area (Å²) in [6, 6.07) is 1.29. The first-order chi connectivity index (χ1) is 7.95. The molecule has 0 bridgehead atoms. The normalized spacial score (nSPS) is 12.2. The summed E-state index contributed by atoms with van der Waals surface area (Å²) in [4.78, 5) is 10.4. The summed E-state index contributed by atoms with van der Waals surface area (Å²) in [6.45, 7) is 0. The maximum atomic E-state index is 13.0. The Morgan fingerprint density at radius 1 is 1.59 bits per heavy atom. The van der Waals surface area contributed by atoms with Crippen molar-refractivity contribution in [3.8, 4) is 11.5 Å². The molecule has 1 rings (SSSR count). The molecule has 0 aliphatic rings. The van der Waals surface area contributed by atoms with Crippen molar-refractivity contribution in [2.24, 2.45) is 5.73 Å². The Morgan fingerprint density at radius 2 is 2.24 bits per heavy atom. The van der Waals surface area contributed by atoms with E-state index in [1.54, 1.807) is 0 Å². The number of benzene rings is 1. The fraction of sp³-hybridized carbons (Fsp3) is 0.364. The second-order valence-electron chi connectivity index (χ2n) is 3.58. The summed E-state index contributed by atoms with van der Waals surface area (Å²) in [5, 5.41) is 18.1. The molecule has 0 fully saturated rings. The van der Waals surface area contributed by atoms with Crippen molar-refractivity contribution in [1.82, 2.24) is 0 Å². The third kappa shape index (κ3) is 3.32. The number of ether oxygens (including phenoxy) is 1. The summed E-state index contributed by atoms with van der Waals surface area (Å²) in [6.07, 6.45) is -0.00791. The minimum Gasteiger partial charge on any atom is -0.507 e. The third-order valence-electron chi connectivity index (χ3n) is 2.34. The van der Waals surface area contributed by atoms with Crippen molar-refractivity contribution < 1.29 is 24.1 Å². The number of hydrogen-bond donors (Lipinski definition) is 3. The zero-order valence-electron chi connectivity index (χ0n) is 9.31. The van der Waals surface area contributed by atoms with Gasteiger partial charge in [-0.15, -0.1) is 0 Å². The van der Waals surface area contributed by atoms with Crippen LogP contribution in [0.2, 0.25) is 0 Å². The van der Waals surface area contributed by atoms with Gasteiger partial charge < -0.3 is 20.7 Å². The molecular weight excluding hydrogens is 229 g/mol. The smallest absolute Gasteiger partial charge is 0.303 e. The highest BCUT2D eigenvalue weighted by Crippen LogP contribution is 2.35. The average molecular weight is 243 g/mol. The number of rotatable bonds is 5. The number of hydrogen-bond acceptors (Lipinski definition) is 4. The fourth-order valence-electron chi connectivity index (χ4n) is 1.54. The number of carboxylic acid groups (broad SMARTS) is 1. The van der Waals surface area contributed by atoms with Gasteiger partial charge in [-0.3, -0.25) is 4.79 Å². The Labute approximate surface area is 97.6 Å². The van der Waals surface area contributed by atoms with Gasteiger partial charge in [0.25, 0.3) is 0 Å². The fourth-order valence-corrected chi connectivity index (χ4v) is 1.54. The maximum Gasteiger partial charge on any atom is 0.303 e. The van der Waals surface area contributed by atoms with Crippen LogP contribution in [-0.2, 0) is 4.79 Å². The van der Waals surface area contributed by atoms with Gasteiger partial charge in [0.05, 0.1) is 12.7 Å². The van der Waals surface area contributed by atoms with Crippen LogP contribution in [-0.4, -0.2) is 23.3 Å². The Balaban J connectivity index is 2.99. The minimum absolute atomic E-state index is 0.111. The predicted octanol–water partition coefficient (Wildman–Crippen LogP) is 1.40. The quantitative estimate of drug-likeness (QED) is 0.727. The molecule has 0 radical (unpaired) electrons. The molecule has 0 saturated heterocycles. The van der Waals surface area contributed by atoms with Crippen LogP contribution >= 0.6 is 0 Å². The molecule has 6 heteroatoms. The van der Waals surface area contributed by atoms with E-state index in [-0.39, 0.29) is 29.9 Å². The first-order valence-electron chi connectivity index (χ1n) is 4.99. The molecule has 1 atom stereocenters. The van der Waals surface area contributed by atoms with Crippen molar-refractivity contribution in [3.63, 3.8) is 0 Å². The zero-order chi connectivity index (χ0) is 13.0. The second kappa shape index (κ2) is 5.49. The summed E-state index contributed by atoms with van der Waals surface area (Å²) in [7, 11) is 1.32. The molecule has 0 amide bonds. The maximum absolute atomic E-state index is 13.0. The largest absolute Gasteiger partial charge is 0.507 e. The van der Waals surface area contributed by atoms with Crippen molar-refractivity contribution in [2.75, 3.05) is 7.11 Å². The number of phenols is 1. The Kier molecular flexibility index (Phi) is 4.28. The van der Waals surface area contributed by atoms with Crippen molar-refractivity contribution in [3.05, 3.63) is 23.5 Å². The van der Waals surface area contributed by atoms with E-state index < -0.39 is 17.8 Å². The standard InChI is InChI=1S/C11H14FNO4/c1-17-9-5-6(12)4-8(14)11(9)7(13)2-3-10(15)16/h4-5,7,14H,2-3,13H2,1H3,(H,15,16). The summed E-state index contributed by atoms with van der Waals surface area (Å²) in [5.74, 6) is -1.85. The van der Waals surface area contributed by atoms with Crippen molar-refractivity contribution in [1.29, 1.82) is 0 Å². The van der Waals surface area contributed by atoms with E-state index in [4.69, 9.17) is 15.6 Å². The summed E-state index contributed by atoms with van der Waals surface area (Å²) >= 11 is 0. The predicted molar refractivity (Wildman–Crippen MR) is 58.4 cm³/mol. The van der Waals surface area contributed by atoms with Gasteiger partial charge in [0.2, 0.25) is 0 Å². The molecule has 94 valence electrons. The number of halogens is 1. The molecule has 0 spiro atoms. The number of phenolic OH excluding ortho intramolecular Hbond substituents is 1. The van der Waals surface area contributed by atoms with Gasteiger partial charge in [-0.25, -0.2) is 4.39 Å². The number of aliphatic carboxylic acids is 1. The van der Waals surface area contributed by atoms with Gasteiger partial charge in [-0.05, 0) is 6.42 Å². The van der Waals surface area contributed by atoms with Gasteiger partial charge in [0, 0.05) is 24.6 Å². The Hall–Kier alpha value is -1.82. The number of aromatic hydroxyl groups is 1. The van der Waals surface area contributed by atoms with Crippen LogP contribution < -0.4 is 10.5 Å². The zero-order valence-corrected chi connectivity index (χ0v) is 9.31. The second-order valence-corrected chi connectivity index (χ2v) is 3.58.